The first-order valence-corrected chi connectivity index (χ1v) is 7.89. The zero-order valence-electron chi connectivity index (χ0n) is 12.1. The number of ether oxygens (including phenoxy) is 1. The average molecular weight is 331 g/mol. The molecule has 2 rings (SSSR count). The fourth-order valence-electron chi connectivity index (χ4n) is 2.40. The standard InChI is InChI=1S/C15H20Cl2N2O2/c1-2-21-15(20)11-19-8-6-18(7-9-19)10-12-13(16)4-3-5-14(12)17/h3-5H,2,6-11H2,1H3. The summed E-state index contributed by atoms with van der Waals surface area (Å²) in [6.07, 6.45) is 0. The van der Waals surface area contributed by atoms with Crippen LogP contribution in [0.1, 0.15) is 12.5 Å². The minimum absolute atomic E-state index is 0.153. The van der Waals surface area contributed by atoms with E-state index >= 15 is 0 Å². The highest BCUT2D eigenvalue weighted by atomic mass is 35.5. The summed E-state index contributed by atoms with van der Waals surface area (Å²) in [5, 5.41) is 1.41. The van der Waals surface area contributed by atoms with Crippen molar-refractivity contribution >= 4 is 29.2 Å². The van der Waals surface area contributed by atoms with Gasteiger partial charge >= 0.3 is 5.97 Å². The maximum Gasteiger partial charge on any atom is 0.320 e. The highest BCUT2D eigenvalue weighted by Gasteiger charge is 2.20. The maximum absolute atomic E-state index is 11.5. The van der Waals surface area contributed by atoms with Gasteiger partial charge < -0.3 is 4.74 Å². The van der Waals surface area contributed by atoms with Crippen LogP contribution >= 0.6 is 23.2 Å². The van der Waals surface area contributed by atoms with E-state index in [2.05, 4.69) is 9.80 Å². The van der Waals surface area contributed by atoms with Gasteiger partial charge in [-0.25, -0.2) is 0 Å². The van der Waals surface area contributed by atoms with Crippen molar-refractivity contribution in [1.29, 1.82) is 0 Å². The molecule has 1 aliphatic rings. The molecule has 4 nitrogen and oxygen atoms in total. The minimum atomic E-state index is -0.153. The molecule has 1 saturated heterocycles. The topological polar surface area (TPSA) is 32.8 Å². The summed E-state index contributed by atoms with van der Waals surface area (Å²) >= 11 is 12.4. The van der Waals surface area contributed by atoms with E-state index in [0.717, 1.165) is 38.3 Å². The van der Waals surface area contributed by atoms with Crippen LogP contribution in [0.15, 0.2) is 18.2 Å². The molecule has 21 heavy (non-hydrogen) atoms. The Morgan fingerprint density at radius 1 is 1.14 bits per heavy atom. The normalized spacial score (nSPS) is 16.9. The predicted octanol–water partition coefficient (Wildman–Crippen LogP) is 2.67. The summed E-state index contributed by atoms with van der Waals surface area (Å²) in [7, 11) is 0. The zero-order valence-corrected chi connectivity index (χ0v) is 13.7. The second kappa shape index (κ2) is 7.99. The van der Waals surface area contributed by atoms with Crippen LogP contribution in [0.5, 0.6) is 0 Å². The number of piperazine rings is 1. The van der Waals surface area contributed by atoms with Crippen LogP contribution < -0.4 is 0 Å². The van der Waals surface area contributed by atoms with Gasteiger partial charge in [-0.2, -0.15) is 0 Å². The van der Waals surface area contributed by atoms with Crippen LogP contribution in [-0.2, 0) is 16.1 Å². The Balaban J connectivity index is 1.83. The van der Waals surface area contributed by atoms with E-state index in [-0.39, 0.29) is 5.97 Å². The molecule has 1 aliphatic heterocycles. The lowest BCUT2D eigenvalue weighted by Crippen LogP contribution is -2.47. The smallest absolute Gasteiger partial charge is 0.320 e. The average Bonchev–Trinajstić information content (AvgIpc) is 2.45. The number of carbonyl (C=O) groups excluding carboxylic acids is 1. The van der Waals surface area contributed by atoms with Gasteiger partial charge in [0, 0.05) is 48.3 Å². The van der Waals surface area contributed by atoms with Crippen LogP contribution in [0.4, 0.5) is 0 Å². The van der Waals surface area contributed by atoms with Crippen molar-refractivity contribution in [2.45, 2.75) is 13.5 Å². The van der Waals surface area contributed by atoms with Gasteiger partial charge in [0.05, 0.1) is 13.2 Å². The Labute approximate surface area is 135 Å². The molecule has 0 amide bonds. The SMILES string of the molecule is CCOC(=O)CN1CCN(Cc2c(Cl)cccc2Cl)CC1. The summed E-state index contributed by atoms with van der Waals surface area (Å²) in [6, 6.07) is 5.57. The van der Waals surface area contributed by atoms with E-state index in [1.807, 2.05) is 25.1 Å². The van der Waals surface area contributed by atoms with Crippen molar-refractivity contribution in [3.05, 3.63) is 33.8 Å². The van der Waals surface area contributed by atoms with Crippen LogP contribution in [-0.4, -0.2) is 55.1 Å². The Kier molecular flexibility index (Phi) is 6.30. The number of hydrogen-bond donors (Lipinski definition) is 0. The fraction of sp³-hybridized carbons (Fsp3) is 0.533. The van der Waals surface area contributed by atoms with Crippen molar-refractivity contribution in [2.24, 2.45) is 0 Å². The van der Waals surface area contributed by atoms with Gasteiger partial charge in [0.2, 0.25) is 0 Å². The lowest BCUT2D eigenvalue weighted by molar-refractivity contribution is -0.144. The zero-order chi connectivity index (χ0) is 15.2. The molecular weight excluding hydrogens is 311 g/mol. The summed E-state index contributed by atoms with van der Waals surface area (Å²) in [5.74, 6) is -0.153. The first kappa shape index (κ1) is 16.6. The fourth-order valence-corrected chi connectivity index (χ4v) is 2.92. The van der Waals surface area contributed by atoms with Crippen LogP contribution in [0.3, 0.4) is 0 Å². The van der Waals surface area contributed by atoms with E-state index in [0.29, 0.717) is 23.2 Å². The molecule has 1 aromatic carbocycles. The quantitative estimate of drug-likeness (QED) is 0.777. The van der Waals surface area contributed by atoms with Gasteiger partial charge in [0.15, 0.2) is 0 Å². The highest BCUT2D eigenvalue weighted by molar-refractivity contribution is 6.35. The predicted molar refractivity (Wildman–Crippen MR) is 84.8 cm³/mol. The molecule has 0 radical (unpaired) electrons. The molecule has 6 heteroatoms. The van der Waals surface area contributed by atoms with Gasteiger partial charge in [-0.15, -0.1) is 0 Å². The molecule has 1 heterocycles. The summed E-state index contributed by atoms with van der Waals surface area (Å²) in [6.45, 7) is 6.84. The summed E-state index contributed by atoms with van der Waals surface area (Å²) in [4.78, 5) is 15.9. The maximum atomic E-state index is 11.5. The highest BCUT2D eigenvalue weighted by Crippen LogP contribution is 2.25. The van der Waals surface area contributed by atoms with E-state index in [9.17, 15) is 4.79 Å². The summed E-state index contributed by atoms with van der Waals surface area (Å²) < 4.78 is 4.97. The van der Waals surface area contributed by atoms with Crippen LogP contribution in [0.2, 0.25) is 10.0 Å². The Bertz CT molecular complexity index is 468. The third-order valence-electron chi connectivity index (χ3n) is 3.57. The van der Waals surface area contributed by atoms with Crippen LogP contribution in [0.25, 0.3) is 0 Å². The lowest BCUT2D eigenvalue weighted by Gasteiger charge is -2.34. The van der Waals surface area contributed by atoms with Crippen molar-refractivity contribution in [3.63, 3.8) is 0 Å². The molecule has 0 saturated carbocycles. The minimum Gasteiger partial charge on any atom is -0.465 e. The van der Waals surface area contributed by atoms with Gasteiger partial charge in [-0.3, -0.25) is 14.6 Å². The molecule has 0 aromatic heterocycles. The Morgan fingerprint density at radius 2 is 1.71 bits per heavy atom. The summed E-state index contributed by atoms with van der Waals surface area (Å²) in [5.41, 5.74) is 0.972. The monoisotopic (exact) mass is 330 g/mol. The second-order valence-corrected chi connectivity index (χ2v) is 5.87. The number of hydrogen-bond acceptors (Lipinski definition) is 4. The molecule has 0 N–H and O–H groups in total. The third-order valence-corrected chi connectivity index (χ3v) is 4.27. The van der Waals surface area contributed by atoms with Gasteiger partial charge in [0.1, 0.15) is 0 Å². The molecule has 116 valence electrons. The van der Waals surface area contributed by atoms with Crippen LogP contribution in [0, 0.1) is 0 Å². The Hall–Kier alpha value is -0.810. The van der Waals surface area contributed by atoms with Crippen molar-refractivity contribution in [3.8, 4) is 0 Å². The third kappa shape index (κ3) is 4.85. The van der Waals surface area contributed by atoms with E-state index < -0.39 is 0 Å². The van der Waals surface area contributed by atoms with E-state index in [4.69, 9.17) is 27.9 Å². The van der Waals surface area contributed by atoms with Crippen molar-refractivity contribution < 1.29 is 9.53 Å². The Morgan fingerprint density at radius 3 is 2.29 bits per heavy atom. The van der Waals surface area contributed by atoms with Crippen molar-refractivity contribution in [1.82, 2.24) is 9.80 Å². The van der Waals surface area contributed by atoms with Gasteiger partial charge in [-0.1, -0.05) is 29.3 Å². The number of nitrogens with zero attached hydrogens (tertiary/aromatic N) is 2. The molecular formula is C15H20Cl2N2O2. The molecule has 0 unspecified atom stereocenters. The molecule has 0 aliphatic carbocycles. The molecule has 0 atom stereocenters. The molecule has 0 spiro atoms. The second-order valence-electron chi connectivity index (χ2n) is 5.06. The molecule has 1 aromatic rings. The lowest BCUT2D eigenvalue weighted by atomic mass is 10.2. The number of benzene rings is 1. The van der Waals surface area contributed by atoms with E-state index in [1.54, 1.807) is 0 Å². The number of rotatable bonds is 5. The van der Waals surface area contributed by atoms with Gasteiger partial charge in [-0.05, 0) is 19.1 Å². The largest absolute Gasteiger partial charge is 0.465 e. The van der Waals surface area contributed by atoms with Gasteiger partial charge in [0.25, 0.3) is 0 Å². The number of esters is 1. The number of carbonyl (C=O) groups is 1. The number of halogens is 2. The molecule has 1 fully saturated rings. The van der Waals surface area contributed by atoms with Crippen molar-refractivity contribution in [2.75, 3.05) is 39.3 Å². The van der Waals surface area contributed by atoms with E-state index in [1.165, 1.54) is 0 Å². The first-order chi connectivity index (χ1) is 10.1. The molecule has 0 bridgehead atoms. The first-order valence-electron chi connectivity index (χ1n) is 7.13.